The fraction of sp³-hybridized carbons (Fsp3) is 0.476. The van der Waals surface area contributed by atoms with Crippen molar-refractivity contribution in [2.75, 3.05) is 13.1 Å². The molecule has 1 aliphatic carbocycles. The second-order valence-electron chi connectivity index (χ2n) is 8.51. The Kier molecular flexibility index (Phi) is 7.20. The molecule has 0 radical (unpaired) electrons. The molecule has 1 aromatic carbocycles. The van der Waals surface area contributed by atoms with E-state index in [1.54, 1.807) is 6.92 Å². The molecule has 2 fully saturated rings. The lowest BCUT2D eigenvalue weighted by Gasteiger charge is -2.32. The topological polar surface area (TPSA) is 139 Å². The zero-order valence-electron chi connectivity index (χ0n) is 18.4. The van der Waals surface area contributed by atoms with Crippen LogP contribution >= 0.6 is 23.2 Å². The summed E-state index contributed by atoms with van der Waals surface area (Å²) in [6.45, 7) is 1.55. The number of aryl methyl sites for hydroxylation is 1. The highest BCUT2D eigenvalue weighted by Gasteiger charge is 2.47. The Balaban J connectivity index is 1.66. The molecular weight excluding hydrogens is 505 g/mol. The van der Waals surface area contributed by atoms with Crippen molar-refractivity contribution in [3.8, 4) is 0 Å². The van der Waals surface area contributed by atoms with Crippen molar-refractivity contribution in [2.24, 2.45) is 5.73 Å². The van der Waals surface area contributed by atoms with Gasteiger partial charge >= 0.3 is 0 Å². The quantitative estimate of drug-likeness (QED) is 0.604. The predicted molar refractivity (Wildman–Crippen MR) is 125 cm³/mol. The zero-order valence-corrected chi connectivity index (χ0v) is 20.7. The molecule has 1 aromatic heterocycles. The van der Waals surface area contributed by atoms with Crippen LogP contribution in [0.25, 0.3) is 0 Å². The molecule has 1 unspecified atom stereocenters. The molecule has 1 atom stereocenters. The third-order valence-corrected chi connectivity index (χ3v) is 8.68. The third kappa shape index (κ3) is 4.94. The molecule has 10 nitrogen and oxygen atoms in total. The molecule has 3 N–H and O–H groups in total. The van der Waals surface area contributed by atoms with E-state index < -0.39 is 28.0 Å². The molecule has 0 spiro atoms. The smallest absolute Gasteiger partial charge is 0.277 e. The van der Waals surface area contributed by atoms with Gasteiger partial charge in [0.15, 0.2) is 11.9 Å². The number of aromatic nitrogens is 1. The van der Waals surface area contributed by atoms with Crippen LogP contribution in [0.5, 0.6) is 0 Å². The number of benzene rings is 1. The van der Waals surface area contributed by atoms with Crippen molar-refractivity contribution in [2.45, 2.75) is 55.8 Å². The number of carbonyl (C=O) groups excluding carboxylic acids is 2. The monoisotopic (exact) mass is 529 g/mol. The summed E-state index contributed by atoms with van der Waals surface area (Å²) < 4.78 is 33.0. The number of nitrogens with two attached hydrogens (primary N) is 1. The van der Waals surface area contributed by atoms with Crippen molar-refractivity contribution in [1.82, 2.24) is 19.7 Å². The van der Waals surface area contributed by atoms with E-state index >= 15 is 0 Å². The SMILES string of the molecule is Cc1cc(C(=O)N2CCN(S(=O)(=O)c3ccc(Cl)c(Cl)c3)C2C(=O)NC2CCC(N)CC2)no1. The average Bonchev–Trinajstić information content (AvgIpc) is 3.44. The Morgan fingerprint density at radius 3 is 2.44 bits per heavy atom. The van der Waals surface area contributed by atoms with E-state index in [-0.39, 0.29) is 45.8 Å². The highest BCUT2D eigenvalue weighted by Crippen LogP contribution is 2.30. The molecular formula is C21H25Cl2N5O5S. The third-order valence-electron chi connectivity index (χ3n) is 6.09. The van der Waals surface area contributed by atoms with Gasteiger partial charge in [0.1, 0.15) is 5.76 Å². The number of halogens is 2. The van der Waals surface area contributed by atoms with Crippen LogP contribution in [-0.2, 0) is 14.8 Å². The summed E-state index contributed by atoms with van der Waals surface area (Å²) in [5.74, 6) is -0.771. The summed E-state index contributed by atoms with van der Waals surface area (Å²) in [6, 6.07) is 5.27. The lowest BCUT2D eigenvalue weighted by molar-refractivity contribution is -0.128. The Labute approximate surface area is 207 Å². The summed E-state index contributed by atoms with van der Waals surface area (Å²) in [7, 11) is -4.19. The first-order valence-electron chi connectivity index (χ1n) is 10.8. The van der Waals surface area contributed by atoms with Crippen molar-refractivity contribution < 1.29 is 22.5 Å². The minimum Gasteiger partial charge on any atom is -0.361 e. The zero-order chi connectivity index (χ0) is 24.6. The van der Waals surface area contributed by atoms with E-state index in [4.69, 9.17) is 33.5 Å². The molecule has 2 heterocycles. The van der Waals surface area contributed by atoms with Gasteiger partial charge in [-0.05, 0) is 50.8 Å². The highest BCUT2D eigenvalue weighted by molar-refractivity contribution is 7.89. The van der Waals surface area contributed by atoms with E-state index in [0.29, 0.717) is 18.6 Å². The molecule has 1 saturated heterocycles. The normalized spacial score (nSPS) is 23.8. The molecule has 1 saturated carbocycles. The van der Waals surface area contributed by atoms with E-state index in [1.807, 2.05) is 0 Å². The minimum atomic E-state index is -4.19. The second-order valence-corrected chi connectivity index (χ2v) is 11.2. The van der Waals surface area contributed by atoms with Gasteiger partial charge in [0.2, 0.25) is 10.0 Å². The first kappa shape index (κ1) is 24.9. The Morgan fingerprint density at radius 2 is 1.82 bits per heavy atom. The van der Waals surface area contributed by atoms with Crippen molar-refractivity contribution in [1.29, 1.82) is 0 Å². The second kappa shape index (κ2) is 9.82. The number of nitrogens with zero attached hydrogens (tertiary/aromatic N) is 3. The molecule has 2 aromatic rings. The van der Waals surface area contributed by atoms with Gasteiger partial charge in [-0.15, -0.1) is 0 Å². The van der Waals surface area contributed by atoms with Gasteiger partial charge in [-0.25, -0.2) is 8.42 Å². The van der Waals surface area contributed by atoms with Gasteiger partial charge < -0.3 is 20.5 Å². The molecule has 2 aliphatic rings. The summed E-state index contributed by atoms with van der Waals surface area (Å²) in [5, 5.41) is 6.91. The van der Waals surface area contributed by atoms with Crippen molar-refractivity contribution >= 4 is 45.0 Å². The van der Waals surface area contributed by atoms with E-state index in [1.165, 1.54) is 29.2 Å². The van der Waals surface area contributed by atoms with Crippen LogP contribution in [0.4, 0.5) is 0 Å². The molecule has 34 heavy (non-hydrogen) atoms. The molecule has 184 valence electrons. The minimum absolute atomic E-state index is 0.00107. The maximum Gasteiger partial charge on any atom is 0.277 e. The lowest BCUT2D eigenvalue weighted by atomic mass is 9.92. The molecule has 2 amide bonds. The summed E-state index contributed by atoms with van der Waals surface area (Å²) >= 11 is 12.0. The Bertz CT molecular complexity index is 1200. The lowest BCUT2D eigenvalue weighted by Crippen LogP contribution is -2.56. The van der Waals surface area contributed by atoms with Gasteiger partial charge in [0, 0.05) is 31.2 Å². The van der Waals surface area contributed by atoms with E-state index in [2.05, 4.69) is 10.5 Å². The standard InChI is InChI=1S/C21H25Cl2N5O5S/c1-12-10-18(26-33-12)21(30)27-8-9-28(34(31,32)15-6-7-16(22)17(23)11-15)20(27)19(29)25-14-4-2-13(24)3-5-14/h6-7,10-11,13-14,20H,2-5,8-9,24H2,1H3,(H,25,29). The number of hydrogen-bond donors (Lipinski definition) is 2. The predicted octanol–water partition coefficient (Wildman–Crippen LogP) is 2.15. The van der Waals surface area contributed by atoms with Gasteiger partial charge in [0.05, 0.1) is 14.9 Å². The van der Waals surface area contributed by atoms with Crippen LogP contribution in [0.3, 0.4) is 0 Å². The number of sulfonamides is 1. The molecule has 13 heteroatoms. The van der Waals surface area contributed by atoms with Crippen LogP contribution in [0, 0.1) is 6.92 Å². The van der Waals surface area contributed by atoms with Crippen LogP contribution in [0.15, 0.2) is 33.7 Å². The first-order chi connectivity index (χ1) is 16.1. The number of hydrogen-bond acceptors (Lipinski definition) is 7. The van der Waals surface area contributed by atoms with E-state index in [9.17, 15) is 18.0 Å². The largest absolute Gasteiger partial charge is 0.361 e. The number of amides is 2. The van der Waals surface area contributed by atoms with Crippen molar-refractivity contribution in [3.63, 3.8) is 0 Å². The number of nitrogens with one attached hydrogen (secondary N) is 1. The molecule has 1 aliphatic heterocycles. The van der Waals surface area contributed by atoms with Crippen LogP contribution in [0.1, 0.15) is 41.9 Å². The summed E-state index contributed by atoms with van der Waals surface area (Å²) in [5.41, 5.74) is 5.95. The van der Waals surface area contributed by atoms with Gasteiger partial charge in [-0.3, -0.25) is 9.59 Å². The fourth-order valence-electron chi connectivity index (χ4n) is 4.27. The van der Waals surface area contributed by atoms with E-state index in [0.717, 1.165) is 17.1 Å². The fourth-order valence-corrected chi connectivity index (χ4v) is 6.20. The van der Waals surface area contributed by atoms with Gasteiger partial charge in [-0.1, -0.05) is 28.4 Å². The maximum atomic E-state index is 13.5. The highest BCUT2D eigenvalue weighted by atomic mass is 35.5. The summed E-state index contributed by atoms with van der Waals surface area (Å²) in [4.78, 5) is 27.6. The molecule has 4 rings (SSSR count). The Morgan fingerprint density at radius 1 is 1.12 bits per heavy atom. The summed E-state index contributed by atoms with van der Waals surface area (Å²) in [6.07, 6.45) is 1.45. The van der Waals surface area contributed by atoms with Gasteiger partial charge in [0.25, 0.3) is 11.8 Å². The molecule has 0 bridgehead atoms. The number of carbonyl (C=O) groups is 2. The Hall–Kier alpha value is -2.18. The van der Waals surface area contributed by atoms with Crippen molar-refractivity contribution in [3.05, 3.63) is 45.8 Å². The van der Waals surface area contributed by atoms with Crippen LogP contribution in [0.2, 0.25) is 10.0 Å². The first-order valence-corrected chi connectivity index (χ1v) is 13.0. The average molecular weight is 530 g/mol. The van der Waals surface area contributed by atoms with Crippen LogP contribution in [-0.4, -0.2) is 65.9 Å². The maximum absolute atomic E-state index is 13.5. The number of rotatable bonds is 5. The van der Waals surface area contributed by atoms with Crippen LogP contribution < -0.4 is 11.1 Å². The van der Waals surface area contributed by atoms with Gasteiger partial charge in [-0.2, -0.15) is 4.31 Å².